The van der Waals surface area contributed by atoms with Gasteiger partial charge >= 0.3 is 0 Å². The van der Waals surface area contributed by atoms with Crippen molar-refractivity contribution in [1.82, 2.24) is 0 Å². The summed E-state index contributed by atoms with van der Waals surface area (Å²) in [7, 11) is 0. The lowest BCUT2D eigenvalue weighted by Gasteiger charge is -2.36. The Morgan fingerprint density at radius 2 is 1.44 bits per heavy atom. The molecule has 2 nitrogen and oxygen atoms in total. The molecule has 0 aromatic heterocycles. The van der Waals surface area contributed by atoms with Crippen LogP contribution in [0.4, 0.5) is 17.6 Å². The summed E-state index contributed by atoms with van der Waals surface area (Å²) < 4.78 is 67.0. The first kappa shape index (κ1) is 25.2. The molecule has 2 aliphatic carbocycles. The molecule has 1 atom stereocenters. The minimum absolute atomic E-state index is 0.0629. The van der Waals surface area contributed by atoms with Crippen molar-refractivity contribution in [2.45, 2.75) is 57.2 Å². The van der Waals surface area contributed by atoms with Crippen LogP contribution in [0.5, 0.6) is 0 Å². The summed E-state index contributed by atoms with van der Waals surface area (Å²) in [5, 5.41) is 0. The Morgan fingerprint density at radius 3 is 2.03 bits per heavy atom. The Kier molecular flexibility index (Phi) is 7.63. The van der Waals surface area contributed by atoms with Gasteiger partial charge < -0.3 is 9.47 Å². The van der Waals surface area contributed by atoms with Gasteiger partial charge in [-0.25, -0.2) is 17.6 Å². The van der Waals surface area contributed by atoms with Crippen LogP contribution in [0.3, 0.4) is 0 Å². The minimum Gasteiger partial charge on any atom is -0.348 e. The summed E-state index contributed by atoms with van der Waals surface area (Å²) in [6.45, 7) is 4.79. The van der Waals surface area contributed by atoms with Crippen LogP contribution in [0, 0.1) is 41.0 Å². The van der Waals surface area contributed by atoms with Crippen LogP contribution < -0.4 is 0 Å². The van der Waals surface area contributed by atoms with E-state index in [1.807, 2.05) is 18.2 Å². The summed E-state index contributed by atoms with van der Waals surface area (Å²) in [6, 6.07) is 7.51. The molecule has 2 aromatic rings. The smallest absolute Gasteiger partial charge is 0.194 e. The molecule has 1 aliphatic heterocycles. The topological polar surface area (TPSA) is 18.5 Å². The third kappa shape index (κ3) is 5.30. The molecule has 1 unspecified atom stereocenters. The van der Waals surface area contributed by atoms with E-state index >= 15 is 4.39 Å². The molecule has 0 N–H and O–H groups in total. The summed E-state index contributed by atoms with van der Waals surface area (Å²) in [5.41, 5.74) is 2.92. The molecular weight excluding hydrogens is 468 g/mol. The van der Waals surface area contributed by atoms with Crippen LogP contribution in [0.2, 0.25) is 0 Å². The van der Waals surface area contributed by atoms with E-state index in [2.05, 4.69) is 12.7 Å². The number of rotatable bonds is 5. The Labute approximate surface area is 210 Å². The standard InChI is InChI=1S/C30H32F4O2/c1-2-18-16-35-30(36-17-18)23-11-12-25(26(31)13-23)22-9-7-20(8-10-22)19-3-5-21(6-4-19)24-14-27(32)29(34)28(33)15-24/h2,9,11-15,18-21,30H,1,3-8,10,16-17H2. The maximum Gasteiger partial charge on any atom is 0.194 e. The van der Waals surface area contributed by atoms with E-state index in [0.717, 1.165) is 62.7 Å². The summed E-state index contributed by atoms with van der Waals surface area (Å²) in [5.74, 6) is -2.59. The summed E-state index contributed by atoms with van der Waals surface area (Å²) >= 11 is 0. The van der Waals surface area contributed by atoms with E-state index < -0.39 is 23.7 Å². The van der Waals surface area contributed by atoms with Gasteiger partial charge in [0.15, 0.2) is 23.7 Å². The van der Waals surface area contributed by atoms with E-state index in [9.17, 15) is 13.2 Å². The molecule has 0 radical (unpaired) electrons. The van der Waals surface area contributed by atoms with Crippen molar-refractivity contribution in [2.24, 2.45) is 17.8 Å². The van der Waals surface area contributed by atoms with Crippen molar-refractivity contribution in [1.29, 1.82) is 0 Å². The van der Waals surface area contributed by atoms with Crippen LogP contribution >= 0.6 is 0 Å². The molecular formula is C30H32F4O2. The van der Waals surface area contributed by atoms with Gasteiger partial charge in [-0.05, 0) is 92.0 Å². The fourth-order valence-electron chi connectivity index (χ4n) is 6.05. The molecule has 0 amide bonds. The van der Waals surface area contributed by atoms with Crippen LogP contribution in [0.25, 0.3) is 5.57 Å². The molecule has 1 heterocycles. The SMILES string of the molecule is C=CC1COC(c2ccc(C3=CCC(C4CCC(c5cc(F)c(F)c(F)c5)CC4)CC3)c(F)c2)OC1. The maximum absolute atomic E-state index is 15.0. The lowest BCUT2D eigenvalue weighted by atomic mass is 9.70. The average molecular weight is 501 g/mol. The van der Waals surface area contributed by atoms with Crippen molar-refractivity contribution in [3.63, 3.8) is 0 Å². The zero-order valence-electron chi connectivity index (χ0n) is 20.3. The molecule has 5 rings (SSSR count). The molecule has 2 fully saturated rings. The minimum atomic E-state index is -1.40. The molecule has 1 saturated heterocycles. The lowest BCUT2D eigenvalue weighted by Crippen LogP contribution is -2.25. The summed E-state index contributed by atoms with van der Waals surface area (Å²) in [4.78, 5) is 0. The monoisotopic (exact) mass is 500 g/mol. The van der Waals surface area contributed by atoms with Crippen molar-refractivity contribution >= 4 is 5.57 Å². The molecule has 36 heavy (non-hydrogen) atoms. The van der Waals surface area contributed by atoms with Crippen LogP contribution in [-0.2, 0) is 9.47 Å². The van der Waals surface area contributed by atoms with Gasteiger partial charge in [-0.1, -0.05) is 24.3 Å². The van der Waals surface area contributed by atoms with Crippen molar-refractivity contribution in [2.75, 3.05) is 13.2 Å². The van der Waals surface area contributed by atoms with Crippen LogP contribution in [-0.4, -0.2) is 13.2 Å². The second-order valence-electron chi connectivity index (χ2n) is 10.4. The predicted molar refractivity (Wildman–Crippen MR) is 131 cm³/mol. The normalized spacial score (nSPS) is 29.0. The van der Waals surface area contributed by atoms with Gasteiger partial charge in [0.05, 0.1) is 13.2 Å². The first-order chi connectivity index (χ1) is 17.4. The molecule has 0 bridgehead atoms. The second-order valence-corrected chi connectivity index (χ2v) is 10.4. The number of allylic oxidation sites excluding steroid dienone is 2. The molecule has 2 aromatic carbocycles. The van der Waals surface area contributed by atoms with Gasteiger partial charge in [0.2, 0.25) is 0 Å². The quantitative estimate of drug-likeness (QED) is 0.234. The highest BCUT2D eigenvalue weighted by molar-refractivity contribution is 5.67. The highest BCUT2D eigenvalue weighted by Gasteiger charge is 2.31. The van der Waals surface area contributed by atoms with Gasteiger partial charge in [0.25, 0.3) is 0 Å². The fourth-order valence-corrected chi connectivity index (χ4v) is 6.05. The van der Waals surface area contributed by atoms with E-state index in [-0.39, 0.29) is 17.7 Å². The number of hydrogen-bond donors (Lipinski definition) is 0. The van der Waals surface area contributed by atoms with Gasteiger partial charge in [-0.15, -0.1) is 6.58 Å². The molecule has 192 valence electrons. The van der Waals surface area contributed by atoms with Gasteiger partial charge in [-0.2, -0.15) is 0 Å². The molecule has 3 aliphatic rings. The van der Waals surface area contributed by atoms with Gasteiger partial charge in [-0.3, -0.25) is 0 Å². The Hall–Kier alpha value is -2.44. The first-order valence-corrected chi connectivity index (χ1v) is 12.9. The third-order valence-corrected chi connectivity index (χ3v) is 8.24. The van der Waals surface area contributed by atoms with Gasteiger partial charge in [0, 0.05) is 17.0 Å². The maximum atomic E-state index is 15.0. The summed E-state index contributed by atoms with van der Waals surface area (Å²) in [6.07, 6.45) is 9.82. The van der Waals surface area contributed by atoms with Crippen molar-refractivity contribution in [3.05, 3.63) is 89.0 Å². The predicted octanol–water partition coefficient (Wildman–Crippen LogP) is 8.25. The van der Waals surface area contributed by atoms with Crippen LogP contribution in [0.1, 0.15) is 73.8 Å². The van der Waals surface area contributed by atoms with E-state index in [4.69, 9.17) is 9.47 Å². The largest absolute Gasteiger partial charge is 0.348 e. The number of benzene rings is 2. The van der Waals surface area contributed by atoms with E-state index in [1.54, 1.807) is 0 Å². The second kappa shape index (κ2) is 10.9. The van der Waals surface area contributed by atoms with Crippen molar-refractivity contribution in [3.8, 4) is 0 Å². The number of halogens is 4. The average Bonchev–Trinajstić information content (AvgIpc) is 2.92. The van der Waals surface area contributed by atoms with Gasteiger partial charge in [0.1, 0.15) is 5.82 Å². The number of hydrogen-bond acceptors (Lipinski definition) is 2. The highest BCUT2D eigenvalue weighted by atomic mass is 19.2. The van der Waals surface area contributed by atoms with Crippen LogP contribution in [0.15, 0.2) is 49.1 Å². The zero-order valence-corrected chi connectivity index (χ0v) is 20.3. The molecule has 0 spiro atoms. The third-order valence-electron chi connectivity index (χ3n) is 8.24. The molecule has 6 heteroatoms. The van der Waals surface area contributed by atoms with E-state index in [1.165, 1.54) is 6.07 Å². The first-order valence-electron chi connectivity index (χ1n) is 12.9. The Morgan fingerprint density at radius 1 is 0.778 bits per heavy atom. The molecule has 1 saturated carbocycles. The van der Waals surface area contributed by atoms with Crippen molar-refractivity contribution < 1.29 is 27.0 Å². The highest BCUT2D eigenvalue weighted by Crippen LogP contribution is 2.44. The fraction of sp³-hybridized carbons (Fsp3) is 0.467. The Balaban J connectivity index is 1.17. The Bertz CT molecular complexity index is 1100. The zero-order chi connectivity index (χ0) is 25.2. The lowest BCUT2D eigenvalue weighted by molar-refractivity contribution is -0.197. The number of ether oxygens (including phenoxy) is 2. The van der Waals surface area contributed by atoms with E-state index in [0.29, 0.717) is 41.7 Å².